The van der Waals surface area contributed by atoms with Crippen molar-refractivity contribution in [3.8, 4) is 0 Å². The van der Waals surface area contributed by atoms with Crippen molar-refractivity contribution in [2.24, 2.45) is 5.92 Å². The van der Waals surface area contributed by atoms with Crippen molar-refractivity contribution in [1.29, 1.82) is 0 Å². The van der Waals surface area contributed by atoms with Gasteiger partial charge in [-0.15, -0.1) is 10.2 Å². The molecule has 1 saturated carbocycles. The fraction of sp³-hybridized carbons (Fsp3) is 0.357. The molecule has 1 atom stereocenters. The van der Waals surface area contributed by atoms with Crippen LogP contribution in [-0.2, 0) is 0 Å². The third kappa shape index (κ3) is 3.51. The van der Waals surface area contributed by atoms with E-state index in [9.17, 15) is 4.79 Å². The monoisotopic (exact) mass is 322 g/mol. The first-order valence-electron chi connectivity index (χ1n) is 6.81. The van der Waals surface area contributed by atoms with E-state index < -0.39 is 0 Å². The number of nitrogens with zero attached hydrogens (tertiary/aromatic N) is 2. The summed E-state index contributed by atoms with van der Waals surface area (Å²) in [5.74, 6) is 0.478. The molecule has 2 amide bonds. The first-order chi connectivity index (χ1) is 10.2. The minimum Gasteiger partial charge on any atom is -0.331 e. The first-order valence-corrected chi connectivity index (χ1v) is 8.07. The molecule has 1 aromatic carbocycles. The van der Waals surface area contributed by atoms with Crippen molar-refractivity contribution in [2.75, 3.05) is 5.32 Å². The number of hydrogen-bond acceptors (Lipinski definition) is 4. The van der Waals surface area contributed by atoms with Crippen LogP contribution >= 0.6 is 22.9 Å². The molecule has 2 N–H and O–H groups in total. The van der Waals surface area contributed by atoms with E-state index >= 15 is 0 Å². The third-order valence-electron chi connectivity index (χ3n) is 3.72. The largest absolute Gasteiger partial charge is 0.331 e. The summed E-state index contributed by atoms with van der Waals surface area (Å²) in [7, 11) is 0. The SMILES string of the molecule is O=C(Nc1nncs1)NC(c1ccc(Cl)cc1)C1CCC1. The Bertz CT molecular complexity index is 598. The quantitative estimate of drug-likeness (QED) is 0.898. The molecule has 1 aliphatic carbocycles. The lowest BCUT2D eigenvalue weighted by Crippen LogP contribution is -2.38. The first kappa shape index (κ1) is 14.3. The van der Waals surface area contributed by atoms with Crippen LogP contribution in [0.15, 0.2) is 29.8 Å². The number of carbonyl (C=O) groups excluding carboxylic acids is 1. The normalized spacial score (nSPS) is 16.0. The van der Waals surface area contributed by atoms with E-state index in [0.29, 0.717) is 16.1 Å². The van der Waals surface area contributed by atoms with Gasteiger partial charge in [-0.1, -0.05) is 41.5 Å². The van der Waals surface area contributed by atoms with E-state index in [1.807, 2.05) is 24.3 Å². The Kier molecular flexibility index (Phi) is 4.36. The molecule has 1 heterocycles. The van der Waals surface area contributed by atoms with E-state index in [1.54, 1.807) is 5.51 Å². The molecule has 1 aliphatic rings. The average Bonchev–Trinajstić information content (AvgIpc) is 2.89. The van der Waals surface area contributed by atoms with Crippen LogP contribution in [-0.4, -0.2) is 16.2 Å². The zero-order chi connectivity index (χ0) is 14.7. The van der Waals surface area contributed by atoms with Gasteiger partial charge in [0.1, 0.15) is 5.51 Å². The van der Waals surface area contributed by atoms with Crippen LogP contribution in [0, 0.1) is 5.92 Å². The van der Waals surface area contributed by atoms with Crippen LogP contribution in [0.25, 0.3) is 0 Å². The highest BCUT2D eigenvalue weighted by molar-refractivity contribution is 7.13. The van der Waals surface area contributed by atoms with Gasteiger partial charge >= 0.3 is 6.03 Å². The average molecular weight is 323 g/mol. The van der Waals surface area contributed by atoms with E-state index in [-0.39, 0.29) is 12.1 Å². The van der Waals surface area contributed by atoms with E-state index in [2.05, 4.69) is 20.8 Å². The van der Waals surface area contributed by atoms with Crippen LogP contribution in [0.2, 0.25) is 5.02 Å². The summed E-state index contributed by atoms with van der Waals surface area (Å²) in [5.41, 5.74) is 2.66. The minimum absolute atomic E-state index is 0.00365. The number of rotatable bonds is 4. The van der Waals surface area contributed by atoms with Gasteiger partial charge in [-0.2, -0.15) is 0 Å². The van der Waals surface area contributed by atoms with Gasteiger partial charge in [0.05, 0.1) is 6.04 Å². The summed E-state index contributed by atoms with van der Waals surface area (Å²) in [6.07, 6.45) is 3.48. The maximum Gasteiger partial charge on any atom is 0.321 e. The smallest absolute Gasteiger partial charge is 0.321 e. The van der Waals surface area contributed by atoms with Crippen molar-refractivity contribution in [3.05, 3.63) is 40.4 Å². The van der Waals surface area contributed by atoms with Gasteiger partial charge in [-0.25, -0.2) is 4.79 Å². The standard InChI is InChI=1S/C14H15ClN4OS/c15-11-6-4-10(5-7-11)12(9-2-1-3-9)17-13(20)18-14-19-16-8-21-14/h4-9,12H,1-3H2,(H2,17,18,19,20). The molecule has 7 heteroatoms. The number of carbonyl (C=O) groups is 1. The van der Waals surface area contributed by atoms with Crippen molar-refractivity contribution in [2.45, 2.75) is 25.3 Å². The Morgan fingerprint density at radius 2 is 2.10 bits per heavy atom. The van der Waals surface area contributed by atoms with E-state index in [1.165, 1.54) is 17.8 Å². The highest BCUT2D eigenvalue weighted by Crippen LogP contribution is 2.38. The summed E-state index contributed by atoms with van der Waals surface area (Å²) in [6.45, 7) is 0. The molecule has 1 fully saturated rings. The molecule has 1 unspecified atom stereocenters. The van der Waals surface area contributed by atoms with Crippen LogP contribution < -0.4 is 10.6 Å². The Hall–Kier alpha value is -1.66. The Labute approximate surface area is 131 Å². The molecule has 0 aliphatic heterocycles. The maximum absolute atomic E-state index is 12.1. The van der Waals surface area contributed by atoms with Crippen molar-refractivity contribution >= 4 is 34.1 Å². The van der Waals surface area contributed by atoms with Gasteiger partial charge in [-0.3, -0.25) is 5.32 Å². The molecule has 0 bridgehead atoms. The topological polar surface area (TPSA) is 66.9 Å². The van der Waals surface area contributed by atoms with Gasteiger partial charge in [0.25, 0.3) is 0 Å². The number of anilines is 1. The van der Waals surface area contributed by atoms with Crippen LogP contribution in [0.5, 0.6) is 0 Å². The van der Waals surface area contributed by atoms with Crippen LogP contribution in [0.3, 0.4) is 0 Å². The van der Waals surface area contributed by atoms with Crippen molar-refractivity contribution in [3.63, 3.8) is 0 Å². The number of aromatic nitrogens is 2. The van der Waals surface area contributed by atoms with Crippen LogP contribution in [0.1, 0.15) is 30.9 Å². The number of urea groups is 1. The van der Waals surface area contributed by atoms with E-state index in [4.69, 9.17) is 11.6 Å². The van der Waals surface area contributed by atoms with Gasteiger partial charge in [-0.05, 0) is 36.5 Å². The van der Waals surface area contributed by atoms with Crippen molar-refractivity contribution in [1.82, 2.24) is 15.5 Å². The Balaban J connectivity index is 1.70. The van der Waals surface area contributed by atoms with Gasteiger partial charge in [0, 0.05) is 5.02 Å². The second-order valence-electron chi connectivity index (χ2n) is 5.06. The maximum atomic E-state index is 12.1. The lowest BCUT2D eigenvalue weighted by molar-refractivity contribution is 0.216. The lowest BCUT2D eigenvalue weighted by atomic mass is 9.77. The predicted octanol–water partition coefficient (Wildman–Crippen LogP) is 3.85. The number of hydrogen-bond donors (Lipinski definition) is 2. The molecule has 2 aromatic rings. The van der Waals surface area contributed by atoms with Gasteiger partial charge in [0.15, 0.2) is 0 Å². The molecule has 110 valence electrons. The van der Waals surface area contributed by atoms with Crippen molar-refractivity contribution < 1.29 is 4.79 Å². The second kappa shape index (κ2) is 6.41. The summed E-state index contributed by atoms with van der Waals surface area (Å²) >= 11 is 7.22. The van der Waals surface area contributed by atoms with E-state index in [0.717, 1.165) is 18.4 Å². The molecular weight excluding hydrogens is 308 g/mol. The Morgan fingerprint density at radius 1 is 1.33 bits per heavy atom. The number of nitrogens with one attached hydrogen (secondary N) is 2. The number of amides is 2. The molecule has 21 heavy (non-hydrogen) atoms. The number of benzene rings is 1. The second-order valence-corrected chi connectivity index (χ2v) is 6.33. The molecule has 3 rings (SSSR count). The fourth-order valence-corrected chi connectivity index (χ4v) is 2.98. The molecular formula is C14H15ClN4OS. The summed E-state index contributed by atoms with van der Waals surface area (Å²) in [6, 6.07) is 7.40. The van der Waals surface area contributed by atoms with Gasteiger partial charge in [0.2, 0.25) is 5.13 Å². The summed E-state index contributed by atoms with van der Waals surface area (Å²) < 4.78 is 0. The van der Waals surface area contributed by atoms with Crippen LogP contribution in [0.4, 0.5) is 9.93 Å². The molecule has 0 radical (unpaired) electrons. The molecule has 0 spiro atoms. The molecule has 0 saturated heterocycles. The highest BCUT2D eigenvalue weighted by Gasteiger charge is 2.29. The third-order valence-corrected chi connectivity index (χ3v) is 4.58. The number of halogens is 1. The summed E-state index contributed by atoms with van der Waals surface area (Å²) in [4.78, 5) is 12.1. The highest BCUT2D eigenvalue weighted by atomic mass is 35.5. The lowest BCUT2D eigenvalue weighted by Gasteiger charge is -2.34. The zero-order valence-electron chi connectivity index (χ0n) is 11.3. The predicted molar refractivity (Wildman–Crippen MR) is 83.6 cm³/mol. The van der Waals surface area contributed by atoms with Gasteiger partial charge < -0.3 is 5.32 Å². The Morgan fingerprint density at radius 3 is 2.67 bits per heavy atom. The summed E-state index contributed by atoms with van der Waals surface area (Å²) in [5, 5.41) is 14.4. The molecule has 1 aromatic heterocycles. The zero-order valence-corrected chi connectivity index (χ0v) is 12.8. The minimum atomic E-state index is -0.251. The molecule has 5 nitrogen and oxygen atoms in total. The fourth-order valence-electron chi connectivity index (χ4n) is 2.42.